The maximum Gasteiger partial charge on any atom is 0.420 e. The first-order chi connectivity index (χ1) is 15.6. The van der Waals surface area contributed by atoms with Crippen molar-refractivity contribution in [2.24, 2.45) is 7.05 Å². The number of nitrogens with one attached hydrogen (secondary N) is 2. The predicted molar refractivity (Wildman–Crippen MR) is 123 cm³/mol. The van der Waals surface area contributed by atoms with Crippen LogP contribution >= 0.6 is 12.2 Å². The molecule has 3 rings (SSSR count). The van der Waals surface area contributed by atoms with Gasteiger partial charge in [0, 0.05) is 24.3 Å². The maximum absolute atomic E-state index is 13.5. The third kappa shape index (κ3) is 5.98. The highest BCUT2D eigenvalue weighted by Gasteiger charge is 2.34. The Morgan fingerprint density at radius 2 is 2.00 bits per heavy atom. The van der Waals surface area contributed by atoms with Gasteiger partial charge in [0.2, 0.25) is 0 Å². The Labute approximate surface area is 194 Å². The number of fused-ring (bicyclic) bond motifs is 1. The average molecular weight is 480 g/mol. The number of aryl methyl sites for hydroxylation is 2. The zero-order valence-electron chi connectivity index (χ0n) is 18.4. The molecule has 0 saturated heterocycles. The van der Waals surface area contributed by atoms with Crippen molar-refractivity contribution in [2.45, 2.75) is 39.3 Å². The van der Waals surface area contributed by atoms with Gasteiger partial charge in [0.05, 0.1) is 23.4 Å². The number of carbonyl (C=O) groups excluding carboxylic acids is 1. The highest BCUT2D eigenvalue weighted by atomic mass is 32.1. The normalized spacial score (nSPS) is 11.5. The first-order valence-electron chi connectivity index (χ1n) is 10.4. The number of aromatic nitrogens is 3. The molecule has 0 fully saturated rings. The molecule has 0 aliphatic rings. The standard InChI is InChI=1S/C22H24F3N5O2S/c1-4-5-6-9-32-18-8-7-15(11-17(18)22(23,24)25)27-21(33)28-20(31)14-10-16-13(2)29-30(3)19(16)26-12-14/h7-8,10-12H,4-6,9H2,1-3H3,(H2,27,28,31,33). The Bertz CT molecular complexity index is 1180. The van der Waals surface area contributed by atoms with E-state index in [9.17, 15) is 18.0 Å². The molecule has 0 aliphatic heterocycles. The van der Waals surface area contributed by atoms with Gasteiger partial charge >= 0.3 is 6.18 Å². The summed E-state index contributed by atoms with van der Waals surface area (Å²) in [6.07, 6.45) is -0.743. The number of amides is 1. The third-order valence-electron chi connectivity index (χ3n) is 4.90. The number of pyridine rings is 1. The second-order valence-corrected chi connectivity index (χ2v) is 7.88. The van der Waals surface area contributed by atoms with Gasteiger partial charge in [-0.1, -0.05) is 19.8 Å². The number of unbranched alkanes of at least 4 members (excludes halogenated alkanes) is 2. The van der Waals surface area contributed by atoms with Gasteiger partial charge in [-0.25, -0.2) is 4.98 Å². The molecule has 0 atom stereocenters. The zero-order valence-corrected chi connectivity index (χ0v) is 19.2. The van der Waals surface area contributed by atoms with E-state index in [1.54, 1.807) is 24.7 Å². The van der Waals surface area contributed by atoms with E-state index in [1.807, 2.05) is 6.92 Å². The predicted octanol–water partition coefficient (Wildman–Crippen LogP) is 4.99. The molecule has 0 spiro atoms. The number of anilines is 1. The fourth-order valence-corrected chi connectivity index (χ4v) is 3.47. The lowest BCUT2D eigenvalue weighted by atomic mass is 10.1. The van der Waals surface area contributed by atoms with Crippen LogP contribution in [0.3, 0.4) is 0 Å². The molecule has 0 aliphatic carbocycles. The van der Waals surface area contributed by atoms with E-state index in [0.29, 0.717) is 23.1 Å². The SMILES string of the molecule is CCCCCOc1ccc(NC(=S)NC(=O)c2cnc3c(c2)c(C)nn3C)cc1C(F)(F)F. The Kier molecular flexibility index (Phi) is 7.52. The van der Waals surface area contributed by atoms with Crippen molar-refractivity contribution >= 4 is 40.0 Å². The Balaban J connectivity index is 1.70. The van der Waals surface area contributed by atoms with Crippen molar-refractivity contribution < 1.29 is 22.7 Å². The third-order valence-corrected chi connectivity index (χ3v) is 5.10. The molecule has 7 nitrogen and oxygen atoms in total. The number of halogens is 3. The Hall–Kier alpha value is -3.21. The Morgan fingerprint density at radius 1 is 1.24 bits per heavy atom. The van der Waals surface area contributed by atoms with Gasteiger partial charge in [0.15, 0.2) is 10.8 Å². The summed E-state index contributed by atoms with van der Waals surface area (Å²) in [4.78, 5) is 16.8. The average Bonchev–Trinajstić information content (AvgIpc) is 3.04. The van der Waals surface area contributed by atoms with E-state index >= 15 is 0 Å². The number of benzene rings is 1. The summed E-state index contributed by atoms with van der Waals surface area (Å²) in [5.74, 6) is -0.789. The lowest BCUT2D eigenvalue weighted by Gasteiger charge is -2.16. The number of alkyl halides is 3. The second-order valence-electron chi connectivity index (χ2n) is 7.48. The van der Waals surface area contributed by atoms with E-state index in [0.717, 1.165) is 18.9 Å². The smallest absolute Gasteiger partial charge is 0.420 e. The highest BCUT2D eigenvalue weighted by Crippen LogP contribution is 2.38. The van der Waals surface area contributed by atoms with Crippen molar-refractivity contribution in [3.8, 4) is 5.75 Å². The van der Waals surface area contributed by atoms with Gasteiger partial charge in [0.1, 0.15) is 5.75 Å². The summed E-state index contributed by atoms with van der Waals surface area (Å²) in [6, 6.07) is 5.19. The van der Waals surface area contributed by atoms with Gasteiger partial charge in [-0.2, -0.15) is 18.3 Å². The van der Waals surface area contributed by atoms with Gasteiger partial charge in [0.25, 0.3) is 5.91 Å². The number of thiocarbonyl (C=S) groups is 1. The van der Waals surface area contributed by atoms with Gasteiger partial charge in [-0.15, -0.1) is 0 Å². The van der Waals surface area contributed by atoms with Crippen LogP contribution in [0.2, 0.25) is 0 Å². The van der Waals surface area contributed by atoms with Crippen LogP contribution < -0.4 is 15.4 Å². The van der Waals surface area contributed by atoms with Crippen molar-refractivity contribution in [3.05, 3.63) is 47.3 Å². The van der Waals surface area contributed by atoms with Crippen LogP contribution in [0.1, 0.15) is 47.8 Å². The Morgan fingerprint density at radius 3 is 2.70 bits per heavy atom. The lowest BCUT2D eigenvalue weighted by Crippen LogP contribution is -2.34. The number of nitrogens with zero attached hydrogens (tertiary/aromatic N) is 3. The molecule has 2 aromatic heterocycles. The van der Waals surface area contributed by atoms with Crippen molar-refractivity contribution in [3.63, 3.8) is 0 Å². The minimum Gasteiger partial charge on any atom is -0.493 e. The van der Waals surface area contributed by atoms with Crippen LogP contribution in [0.15, 0.2) is 30.5 Å². The molecule has 2 heterocycles. The molecule has 33 heavy (non-hydrogen) atoms. The van der Waals surface area contributed by atoms with Crippen LogP contribution in [0, 0.1) is 6.92 Å². The number of ether oxygens (including phenoxy) is 1. The van der Waals surface area contributed by atoms with Crippen LogP contribution in [-0.2, 0) is 13.2 Å². The quantitative estimate of drug-likeness (QED) is 0.367. The fraction of sp³-hybridized carbons (Fsp3) is 0.364. The molecule has 3 aromatic rings. The molecule has 1 aromatic carbocycles. The molecule has 0 bridgehead atoms. The summed E-state index contributed by atoms with van der Waals surface area (Å²) in [5.41, 5.74) is 0.744. The molecule has 0 radical (unpaired) electrons. The number of hydrogen-bond donors (Lipinski definition) is 2. The van der Waals surface area contributed by atoms with Crippen molar-refractivity contribution in [1.82, 2.24) is 20.1 Å². The minimum absolute atomic E-state index is 0.0743. The van der Waals surface area contributed by atoms with Gasteiger partial charge in [-0.3, -0.25) is 14.8 Å². The van der Waals surface area contributed by atoms with E-state index < -0.39 is 17.6 Å². The lowest BCUT2D eigenvalue weighted by molar-refractivity contribution is -0.138. The summed E-state index contributed by atoms with van der Waals surface area (Å²) in [7, 11) is 1.75. The number of rotatable bonds is 7. The van der Waals surface area contributed by atoms with Crippen molar-refractivity contribution in [1.29, 1.82) is 0 Å². The molecule has 1 amide bonds. The number of carbonyl (C=O) groups is 1. The van der Waals surface area contributed by atoms with E-state index in [-0.39, 0.29) is 28.7 Å². The maximum atomic E-state index is 13.5. The van der Waals surface area contributed by atoms with Crippen LogP contribution in [0.25, 0.3) is 11.0 Å². The molecule has 2 N–H and O–H groups in total. The fourth-order valence-electron chi connectivity index (χ4n) is 3.26. The summed E-state index contributed by atoms with van der Waals surface area (Å²) in [5, 5.41) is 9.90. The molecule has 176 valence electrons. The van der Waals surface area contributed by atoms with Crippen LogP contribution in [0.4, 0.5) is 18.9 Å². The van der Waals surface area contributed by atoms with E-state index in [4.69, 9.17) is 17.0 Å². The van der Waals surface area contributed by atoms with Crippen LogP contribution in [0.5, 0.6) is 5.75 Å². The first kappa shape index (κ1) is 24.4. The molecule has 0 saturated carbocycles. The topological polar surface area (TPSA) is 81.1 Å². The largest absolute Gasteiger partial charge is 0.493 e. The summed E-state index contributed by atoms with van der Waals surface area (Å²) < 4.78 is 47.5. The minimum atomic E-state index is -4.61. The monoisotopic (exact) mass is 479 g/mol. The number of hydrogen-bond acceptors (Lipinski definition) is 5. The van der Waals surface area contributed by atoms with Gasteiger partial charge in [-0.05, 0) is 49.8 Å². The zero-order chi connectivity index (χ0) is 24.2. The van der Waals surface area contributed by atoms with E-state index in [2.05, 4.69) is 20.7 Å². The summed E-state index contributed by atoms with van der Waals surface area (Å²) >= 11 is 5.11. The first-order valence-corrected chi connectivity index (χ1v) is 10.8. The van der Waals surface area contributed by atoms with E-state index in [1.165, 1.54) is 18.3 Å². The highest BCUT2D eigenvalue weighted by molar-refractivity contribution is 7.80. The summed E-state index contributed by atoms with van der Waals surface area (Å²) in [6.45, 7) is 4.00. The molecular formula is C22H24F3N5O2S. The van der Waals surface area contributed by atoms with Crippen molar-refractivity contribution in [2.75, 3.05) is 11.9 Å². The molecule has 11 heteroatoms. The van der Waals surface area contributed by atoms with Crippen LogP contribution in [-0.4, -0.2) is 32.4 Å². The molecular weight excluding hydrogens is 455 g/mol. The van der Waals surface area contributed by atoms with Gasteiger partial charge < -0.3 is 10.1 Å². The molecule has 0 unspecified atom stereocenters. The second kappa shape index (κ2) is 10.2.